The van der Waals surface area contributed by atoms with Gasteiger partial charge in [-0.1, -0.05) is 36.4 Å². The maximum atomic E-state index is 13.6. The number of ether oxygens (including phenoxy) is 1. The Labute approximate surface area is 229 Å². The Balaban J connectivity index is 1.30. The Bertz CT molecular complexity index is 1870. The smallest absolute Gasteiger partial charge is 0.291 e. The zero-order chi connectivity index (χ0) is 27.8. The molecule has 0 aliphatic carbocycles. The molecule has 0 saturated heterocycles. The van der Waals surface area contributed by atoms with E-state index in [1.165, 1.54) is 12.3 Å². The van der Waals surface area contributed by atoms with Crippen molar-refractivity contribution in [3.8, 4) is 17.1 Å². The number of aromatic nitrogens is 1. The van der Waals surface area contributed by atoms with Gasteiger partial charge >= 0.3 is 0 Å². The van der Waals surface area contributed by atoms with Gasteiger partial charge in [0, 0.05) is 16.3 Å². The van der Waals surface area contributed by atoms with Gasteiger partial charge in [-0.15, -0.1) is 11.3 Å². The topological polar surface area (TPSA) is 121 Å². The summed E-state index contributed by atoms with van der Waals surface area (Å²) in [5, 5.41) is 4.87. The second kappa shape index (κ2) is 10.3. The van der Waals surface area contributed by atoms with Crippen molar-refractivity contribution in [2.45, 2.75) is 13.0 Å². The Morgan fingerprint density at radius 2 is 1.88 bits per heavy atom. The molecule has 0 radical (unpaired) electrons. The van der Waals surface area contributed by atoms with E-state index in [0.29, 0.717) is 11.5 Å². The molecule has 4 heterocycles. The molecule has 8 nitrogen and oxygen atoms in total. The van der Waals surface area contributed by atoms with Crippen LogP contribution >= 0.6 is 11.3 Å². The van der Waals surface area contributed by atoms with Crippen LogP contribution in [0.15, 0.2) is 87.9 Å². The van der Waals surface area contributed by atoms with Crippen LogP contribution in [-0.2, 0) is 6.61 Å². The van der Waals surface area contributed by atoms with Crippen molar-refractivity contribution in [2.75, 3.05) is 5.32 Å². The lowest BCUT2D eigenvalue weighted by atomic mass is 10.1. The number of hydrogen-bond acceptors (Lipinski definition) is 7. The molecule has 40 heavy (non-hydrogen) atoms. The molecule has 4 aromatic heterocycles. The van der Waals surface area contributed by atoms with Crippen LogP contribution in [-0.4, -0.2) is 16.8 Å². The number of rotatable bonds is 8. The average Bonchev–Trinajstić information content (AvgIpc) is 3.72. The zero-order valence-corrected chi connectivity index (χ0v) is 21.3. The number of amides is 2. The summed E-state index contributed by atoms with van der Waals surface area (Å²) in [5.41, 5.74) is 5.33. The van der Waals surface area contributed by atoms with Gasteiger partial charge in [-0.05, 0) is 41.8 Å². The first kappa shape index (κ1) is 25.3. The van der Waals surface area contributed by atoms with Crippen LogP contribution in [0.25, 0.3) is 32.3 Å². The summed E-state index contributed by atoms with van der Waals surface area (Å²) in [6, 6.07) is 20.9. The molecular formula is C29H19F2N3O5S. The summed E-state index contributed by atoms with van der Waals surface area (Å²) in [4.78, 5) is 29.5. The summed E-state index contributed by atoms with van der Waals surface area (Å²) in [6.07, 6.45) is -1.48. The lowest BCUT2D eigenvalue weighted by molar-refractivity contribution is 0.0992. The Morgan fingerprint density at radius 3 is 2.65 bits per heavy atom. The van der Waals surface area contributed by atoms with Gasteiger partial charge in [0.05, 0.1) is 12.0 Å². The number of anilines is 1. The normalized spacial score (nSPS) is 11.4. The van der Waals surface area contributed by atoms with Crippen LogP contribution in [0.4, 0.5) is 14.5 Å². The fourth-order valence-electron chi connectivity index (χ4n) is 4.37. The number of thiophene rings is 1. The largest absolute Gasteiger partial charge is 0.485 e. The van der Waals surface area contributed by atoms with E-state index in [1.807, 2.05) is 42.5 Å². The highest BCUT2D eigenvalue weighted by Crippen LogP contribution is 2.42. The Hall–Kier alpha value is -5.03. The third kappa shape index (κ3) is 4.67. The molecule has 0 bridgehead atoms. The molecule has 0 atom stereocenters. The predicted molar refractivity (Wildman–Crippen MR) is 146 cm³/mol. The number of nitrogens with two attached hydrogens (primary N) is 1. The van der Waals surface area contributed by atoms with Gasteiger partial charge in [0.15, 0.2) is 5.76 Å². The monoisotopic (exact) mass is 559 g/mol. The van der Waals surface area contributed by atoms with E-state index in [1.54, 1.807) is 18.2 Å². The van der Waals surface area contributed by atoms with Crippen LogP contribution in [0.3, 0.4) is 0 Å². The van der Waals surface area contributed by atoms with E-state index in [2.05, 4.69) is 10.3 Å². The number of nitrogens with one attached hydrogen (secondary N) is 1. The van der Waals surface area contributed by atoms with E-state index in [9.17, 15) is 18.4 Å². The van der Waals surface area contributed by atoms with Crippen molar-refractivity contribution in [3.63, 3.8) is 0 Å². The molecule has 2 aromatic carbocycles. The lowest BCUT2D eigenvalue weighted by Crippen LogP contribution is -2.16. The molecule has 200 valence electrons. The van der Waals surface area contributed by atoms with Crippen LogP contribution in [0, 0.1) is 0 Å². The minimum Gasteiger partial charge on any atom is -0.485 e. The van der Waals surface area contributed by atoms with Gasteiger partial charge in [0.2, 0.25) is 0 Å². The SMILES string of the molecule is NC(=O)c1sc2nc(C(F)F)cc(-c3ccco3)c2c1NC(=O)c1ccc(COc2cccc3ccccc23)o1. The molecular weight excluding hydrogens is 540 g/mol. The quantitative estimate of drug-likeness (QED) is 0.204. The van der Waals surface area contributed by atoms with Crippen molar-refractivity contribution < 1.29 is 31.9 Å². The second-order valence-corrected chi connectivity index (χ2v) is 9.71. The molecule has 0 aliphatic heterocycles. The van der Waals surface area contributed by atoms with Gasteiger partial charge in [0.1, 0.15) is 39.3 Å². The first-order valence-electron chi connectivity index (χ1n) is 12.0. The fourth-order valence-corrected chi connectivity index (χ4v) is 5.39. The molecule has 3 N–H and O–H groups in total. The molecule has 0 unspecified atom stereocenters. The van der Waals surface area contributed by atoms with E-state index in [0.717, 1.165) is 28.2 Å². The molecule has 11 heteroatoms. The number of halogens is 2. The fraction of sp³-hybridized carbons (Fsp3) is 0.0690. The number of hydrogen-bond donors (Lipinski definition) is 2. The standard InChI is InChI=1S/C29H19F2N3O5S/c30-26(31)19-13-18(21-9-4-12-37-21)23-24(25(27(32)35)40-29(23)33-19)34-28(36)22-11-10-16(39-22)14-38-20-8-3-6-15-5-1-2-7-17(15)20/h1-13,26H,14H2,(H2,32,35)(H,34,36). The van der Waals surface area contributed by atoms with Crippen molar-refractivity contribution in [1.82, 2.24) is 4.98 Å². The number of pyridine rings is 1. The zero-order valence-electron chi connectivity index (χ0n) is 20.5. The highest BCUT2D eigenvalue weighted by molar-refractivity contribution is 7.21. The van der Waals surface area contributed by atoms with E-state index < -0.39 is 23.9 Å². The van der Waals surface area contributed by atoms with Gasteiger partial charge < -0.3 is 24.6 Å². The molecule has 0 saturated carbocycles. The highest BCUT2D eigenvalue weighted by atomic mass is 32.1. The number of fused-ring (bicyclic) bond motifs is 2. The number of furan rings is 2. The highest BCUT2D eigenvalue weighted by Gasteiger charge is 2.26. The number of primary amides is 1. The molecule has 2 amide bonds. The molecule has 6 rings (SSSR count). The third-order valence-electron chi connectivity index (χ3n) is 6.16. The van der Waals surface area contributed by atoms with E-state index in [4.69, 9.17) is 19.3 Å². The van der Waals surface area contributed by atoms with Gasteiger partial charge in [-0.25, -0.2) is 13.8 Å². The number of alkyl halides is 2. The van der Waals surface area contributed by atoms with Gasteiger partial charge in [-0.3, -0.25) is 9.59 Å². The maximum Gasteiger partial charge on any atom is 0.291 e. The van der Waals surface area contributed by atoms with E-state index in [-0.39, 0.29) is 44.5 Å². The van der Waals surface area contributed by atoms with Crippen LogP contribution in [0.1, 0.15) is 38.1 Å². The summed E-state index contributed by atoms with van der Waals surface area (Å²) in [5.74, 6) is -0.277. The minimum absolute atomic E-state index is 0.0298. The van der Waals surface area contributed by atoms with Crippen molar-refractivity contribution in [1.29, 1.82) is 0 Å². The first-order chi connectivity index (χ1) is 19.4. The Kier molecular flexibility index (Phi) is 6.48. The predicted octanol–water partition coefficient (Wildman–Crippen LogP) is 7.17. The number of nitrogens with zero attached hydrogens (tertiary/aromatic N) is 1. The van der Waals surface area contributed by atoms with Crippen LogP contribution < -0.4 is 15.8 Å². The summed E-state index contributed by atoms with van der Waals surface area (Å²) >= 11 is 0.798. The second-order valence-electron chi connectivity index (χ2n) is 8.71. The molecule has 6 aromatic rings. The number of carbonyl (C=O) groups excluding carboxylic acids is 2. The number of benzene rings is 2. The summed E-state index contributed by atoms with van der Waals surface area (Å²) < 4.78 is 44.3. The molecule has 0 spiro atoms. The van der Waals surface area contributed by atoms with Crippen molar-refractivity contribution in [2.24, 2.45) is 5.73 Å². The third-order valence-corrected chi connectivity index (χ3v) is 7.26. The lowest BCUT2D eigenvalue weighted by Gasteiger charge is -2.09. The van der Waals surface area contributed by atoms with Gasteiger partial charge in [-0.2, -0.15) is 0 Å². The Morgan fingerprint density at radius 1 is 1.05 bits per heavy atom. The maximum absolute atomic E-state index is 13.6. The minimum atomic E-state index is -2.87. The summed E-state index contributed by atoms with van der Waals surface area (Å²) in [6.45, 7) is 0.0676. The molecule has 0 aliphatic rings. The van der Waals surface area contributed by atoms with E-state index >= 15 is 0 Å². The molecule has 0 fully saturated rings. The van der Waals surface area contributed by atoms with Crippen LogP contribution in [0.2, 0.25) is 0 Å². The van der Waals surface area contributed by atoms with Crippen LogP contribution in [0.5, 0.6) is 5.75 Å². The average molecular weight is 560 g/mol. The summed E-state index contributed by atoms with van der Waals surface area (Å²) in [7, 11) is 0. The van der Waals surface area contributed by atoms with Crippen molar-refractivity contribution >= 4 is 49.8 Å². The number of carbonyl (C=O) groups is 2. The first-order valence-corrected chi connectivity index (χ1v) is 12.8. The van der Waals surface area contributed by atoms with Crippen molar-refractivity contribution in [3.05, 3.63) is 101 Å². The van der Waals surface area contributed by atoms with Gasteiger partial charge in [0.25, 0.3) is 18.2 Å².